The molecule has 0 radical (unpaired) electrons. The lowest BCUT2D eigenvalue weighted by atomic mass is 9.82. The standard InChI is InChI=1S/C9H17NO/c1-2-4-9(5-3-1)8-11-7-6-10-9/h10H,1-8H2. The van der Waals surface area contributed by atoms with Crippen molar-refractivity contribution < 1.29 is 4.74 Å². The highest BCUT2D eigenvalue weighted by Crippen LogP contribution is 2.29. The molecule has 11 heavy (non-hydrogen) atoms. The van der Waals surface area contributed by atoms with E-state index in [9.17, 15) is 0 Å². The van der Waals surface area contributed by atoms with Crippen molar-refractivity contribution in [2.24, 2.45) is 0 Å². The maximum atomic E-state index is 5.50. The first-order valence-electron chi connectivity index (χ1n) is 4.74. The second-order valence-corrected chi connectivity index (χ2v) is 3.82. The molecule has 1 saturated heterocycles. The Morgan fingerprint density at radius 2 is 1.91 bits per heavy atom. The van der Waals surface area contributed by atoms with Crippen LogP contribution in [0.2, 0.25) is 0 Å². The third-order valence-electron chi connectivity index (χ3n) is 2.94. The van der Waals surface area contributed by atoms with Gasteiger partial charge in [0.05, 0.1) is 13.2 Å². The van der Waals surface area contributed by atoms with Crippen LogP contribution < -0.4 is 5.32 Å². The fourth-order valence-electron chi connectivity index (χ4n) is 2.26. The molecule has 0 amide bonds. The highest BCUT2D eigenvalue weighted by molar-refractivity contribution is 4.92. The van der Waals surface area contributed by atoms with Gasteiger partial charge in [-0.25, -0.2) is 0 Å². The van der Waals surface area contributed by atoms with Crippen LogP contribution >= 0.6 is 0 Å². The van der Waals surface area contributed by atoms with Crippen LogP contribution in [0.15, 0.2) is 0 Å². The Balaban J connectivity index is 1.94. The van der Waals surface area contributed by atoms with Crippen molar-refractivity contribution in [3.05, 3.63) is 0 Å². The lowest BCUT2D eigenvalue weighted by Gasteiger charge is -2.41. The van der Waals surface area contributed by atoms with Gasteiger partial charge in [0.2, 0.25) is 0 Å². The van der Waals surface area contributed by atoms with E-state index in [1.807, 2.05) is 0 Å². The van der Waals surface area contributed by atoms with Gasteiger partial charge in [0.15, 0.2) is 0 Å². The van der Waals surface area contributed by atoms with Gasteiger partial charge in [-0.1, -0.05) is 19.3 Å². The predicted octanol–water partition coefficient (Wildman–Crippen LogP) is 1.31. The van der Waals surface area contributed by atoms with E-state index in [4.69, 9.17) is 4.74 Å². The summed E-state index contributed by atoms with van der Waals surface area (Å²) >= 11 is 0. The Bertz CT molecular complexity index is 104. The van der Waals surface area contributed by atoms with Gasteiger partial charge in [0, 0.05) is 12.1 Å². The molecule has 1 saturated carbocycles. The molecule has 1 spiro atoms. The average molecular weight is 155 g/mol. The summed E-state index contributed by atoms with van der Waals surface area (Å²) in [5, 5.41) is 3.61. The van der Waals surface area contributed by atoms with E-state index in [2.05, 4.69) is 5.32 Å². The first-order chi connectivity index (χ1) is 5.41. The molecule has 2 fully saturated rings. The zero-order chi connectivity index (χ0) is 7.57. The molecule has 64 valence electrons. The molecule has 2 rings (SSSR count). The van der Waals surface area contributed by atoms with E-state index in [-0.39, 0.29) is 0 Å². The van der Waals surface area contributed by atoms with Crippen LogP contribution in [-0.2, 0) is 4.74 Å². The van der Waals surface area contributed by atoms with Crippen molar-refractivity contribution in [1.29, 1.82) is 0 Å². The molecule has 0 bridgehead atoms. The smallest absolute Gasteiger partial charge is 0.0648 e. The van der Waals surface area contributed by atoms with E-state index in [0.29, 0.717) is 5.54 Å². The number of morpholine rings is 1. The number of hydrogen-bond donors (Lipinski definition) is 1. The van der Waals surface area contributed by atoms with Gasteiger partial charge in [-0.2, -0.15) is 0 Å². The van der Waals surface area contributed by atoms with Crippen LogP contribution in [0.1, 0.15) is 32.1 Å². The third kappa shape index (κ3) is 1.57. The third-order valence-corrected chi connectivity index (χ3v) is 2.94. The molecule has 0 aromatic rings. The summed E-state index contributed by atoms with van der Waals surface area (Å²) < 4.78 is 5.50. The van der Waals surface area contributed by atoms with Gasteiger partial charge in [-0.15, -0.1) is 0 Å². The molecule has 2 aliphatic rings. The SMILES string of the molecule is C1CCC2(CC1)COCCN2. The van der Waals surface area contributed by atoms with Crippen LogP contribution in [0.4, 0.5) is 0 Å². The largest absolute Gasteiger partial charge is 0.378 e. The summed E-state index contributed by atoms with van der Waals surface area (Å²) in [6, 6.07) is 0. The molecule has 1 N–H and O–H groups in total. The second kappa shape index (κ2) is 3.11. The summed E-state index contributed by atoms with van der Waals surface area (Å²) in [7, 11) is 0. The minimum Gasteiger partial charge on any atom is -0.378 e. The summed E-state index contributed by atoms with van der Waals surface area (Å²) in [4.78, 5) is 0. The summed E-state index contributed by atoms with van der Waals surface area (Å²) in [5.41, 5.74) is 0.385. The van der Waals surface area contributed by atoms with E-state index < -0.39 is 0 Å². The first-order valence-corrected chi connectivity index (χ1v) is 4.74. The van der Waals surface area contributed by atoms with Crippen molar-refractivity contribution in [3.63, 3.8) is 0 Å². The molecule has 0 unspecified atom stereocenters. The van der Waals surface area contributed by atoms with Crippen LogP contribution in [0.3, 0.4) is 0 Å². The Hall–Kier alpha value is -0.0800. The topological polar surface area (TPSA) is 21.3 Å². The van der Waals surface area contributed by atoms with Crippen molar-refractivity contribution in [2.75, 3.05) is 19.8 Å². The lowest BCUT2D eigenvalue weighted by molar-refractivity contribution is 0.00959. The zero-order valence-electron chi connectivity index (χ0n) is 7.07. The van der Waals surface area contributed by atoms with Gasteiger partial charge >= 0.3 is 0 Å². The van der Waals surface area contributed by atoms with Gasteiger partial charge in [-0.3, -0.25) is 0 Å². The Labute approximate surface area is 68.3 Å². The van der Waals surface area contributed by atoms with Crippen molar-refractivity contribution >= 4 is 0 Å². The molecular formula is C9H17NO. The maximum absolute atomic E-state index is 5.50. The number of rotatable bonds is 0. The zero-order valence-corrected chi connectivity index (χ0v) is 7.07. The van der Waals surface area contributed by atoms with Crippen molar-refractivity contribution in [3.8, 4) is 0 Å². The van der Waals surface area contributed by atoms with E-state index >= 15 is 0 Å². The van der Waals surface area contributed by atoms with Crippen LogP contribution in [-0.4, -0.2) is 25.3 Å². The van der Waals surface area contributed by atoms with Crippen LogP contribution in [0.25, 0.3) is 0 Å². The molecule has 2 nitrogen and oxygen atoms in total. The second-order valence-electron chi connectivity index (χ2n) is 3.82. The monoisotopic (exact) mass is 155 g/mol. The molecule has 1 aliphatic heterocycles. The Kier molecular flexibility index (Phi) is 2.14. The van der Waals surface area contributed by atoms with Gasteiger partial charge < -0.3 is 10.1 Å². The summed E-state index contributed by atoms with van der Waals surface area (Å²) in [6.45, 7) is 2.91. The number of ether oxygens (including phenoxy) is 1. The minimum atomic E-state index is 0.385. The minimum absolute atomic E-state index is 0.385. The Morgan fingerprint density at radius 1 is 1.09 bits per heavy atom. The van der Waals surface area contributed by atoms with Gasteiger partial charge in [0.1, 0.15) is 0 Å². The van der Waals surface area contributed by atoms with E-state index in [1.165, 1.54) is 32.1 Å². The van der Waals surface area contributed by atoms with Crippen molar-refractivity contribution in [1.82, 2.24) is 5.32 Å². The molecule has 1 aliphatic carbocycles. The fourth-order valence-corrected chi connectivity index (χ4v) is 2.26. The van der Waals surface area contributed by atoms with Gasteiger partial charge in [0.25, 0.3) is 0 Å². The molecular weight excluding hydrogens is 138 g/mol. The quantitative estimate of drug-likeness (QED) is 0.569. The fraction of sp³-hybridized carbons (Fsp3) is 1.00. The predicted molar refractivity (Wildman–Crippen MR) is 44.6 cm³/mol. The highest BCUT2D eigenvalue weighted by atomic mass is 16.5. The highest BCUT2D eigenvalue weighted by Gasteiger charge is 2.33. The average Bonchev–Trinajstić information content (AvgIpc) is 2.07. The molecule has 0 aromatic heterocycles. The molecule has 1 heterocycles. The summed E-state index contributed by atoms with van der Waals surface area (Å²) in [5.74, 6) is 0. The van der Waals surface area contributed by atoms with Crippen LogP contribution in [0, 0.1) is 0 Å². The normalized spacial score (nSPS) is 30.5. The van der Waals surface area contributed by atoms with Crippen LogP contribution in [0.5, 0.6) is 0 Å². The van der Waals surface area contributed by atoms with Crippen molar-refractivity contribution in [2.45, 2.75) is 37.6 Å². The summed E-state index contributed by atoms with van der Waals surface area (Å²) in [6.07, 6.45) is 6.84. The molecule has 0 aromatic carbocycles. The van der Waals surface area contributed by atoms with E-state index in [0.717, 1.165) is 19.8 Å². The maximum Gasteiger partial charge on any atom is 0.0648 e. The van der Waals surface area contributed by atoms with Gasteiger partial charge in [-0.05, 0) is 12.8 Å². The first kappa shape index (κ1) is 7.56. The molecule has 2 heteroatoms. The van der Waals surface area contributed by atoms with E-state index in [1.54, 1.807) is 0 Å². The lowest BCUT2D eigenvalue weighted by Crippen LogP contribution is -2.55. The Morgan fingerprint density at radius 3 is 2.55 bits per heavy atom. The number of nitrogens with one attached hydrogen (secondary N) is 1. The molecule has 0 atom stereocenters. The number of hydrogen-bond acceptors (Lipinski definition) is 2.